The lowest BCUT2D eigenvalue weighted by Gasteiger charge is -2.28. The maximum absolute atomic E-state index is 12.1. The minimum absolute atomic E-state index is 0.136. The molecule has 102 valence electrons. The summed E-state index contributed by atoms with van der Waals surface area (Å²) in [4.78, 5) is 16.3. The number of nitrogens with one attached hydrogen (secondary N) is 2. The first-order chi connectivity index (χ1) is 9.79. The maximum atomic E-state index is 12.1. The van der Waals surface area contributed by atoms with E-state index in [-0.39, 0.29) is 12.1 Å². The van der Waals surface area contributed by atoms with Gasteiger partial charge in [-0.05, 0) is 25.1 Å². The zero-order valence-electron chi connectivity index (χ0n) is 11.1. The second kappa shape index (κ2) is 5.21. The molecule has 20 heavy (non-hydrogen) atoms. The van der Waals surface area contributed by atoms with Gasteiger partial charge >= 0.3 is 0 Å². The second-order valence-corrected chi connectivity index (χ2v) is 4.42. The number of pyridine rings is 1. The number of ether oxygens (including phenoxy) is 1. The number of hydrogen-bond donors (Lipinski definition) is 2. The Hall–Kier alpha value is -2.56. The molecule has 5 heteroatoms. The first-order valence-corrected chi connectivity index (χ1v) is 6.53. The Bertz CT molecular complexity index is 643. The number of nitrogens with zero attached hydrogens (tertiary/aromatic N) is 1. The average Bonchev–Trinajstić information content (AvgIpc) is 2.48. The Balaban J connectivity index is 1.96. The predicted octanol–water partition coefficient (Wildman–Crippen LogP) is 2.33. The number of anilines is 1. The van der Waals surface area contributed by atoms with Crippen molar-refractivity contribution >= 4 is 11.7 Å². The highest BCUT2D eigenvalue weighted by molar-refractivity contribution is 6.00. The van der Waals surface area contributed by atoms with Crippen LogP contribution in [0.25, 0.3) is 0 Å². The van der Waals surface area contributed by atoms with Gasteiger partial charge in [-0.15, -0.1) is 0 Å². The molecule has 2 heterocycles. The fourth-order valence-corrected chi connectivity index (χ4v) is 2.25. The Morgan fingerprint density at radius 2 is 2.05 bits per heavy atom. The topological polar surface area (TPSA) is 63.2 Å². The molecule has 1 amide bonds. The van der Waals surface area contributed by atoms with Crippen molar-refractivity contribution in [3.8, 4) is 5.75 Å². The number of aromatic nitrogens is 1. The fourth-order valence-electron chi connectivity index (χ4n) is 2.25. The molecule has 3 rings (SSSR count). The molecule has 1 atom stereocenters. The standard InChI is InChI=1S/C15H15N3O2/c1-2-20-12-8-4-3-6-10(12)14-17-13-11(15(19)18-14)7-5-9-16-13/h3-9,14H,2H2,1H3,(H,16,17)(H,18,19)/t14-/m1/s1. The molecule has 2 aromatic rings. The van der Waals surface area contributed by atoms with E-state index in [4.69, 9.17) is 4.74 Å². The van der Waals surface area contributed by atoms with Crippen LogP contribution in [0.5, 0.6) is 5.75 Å². The molecule has 0 bridgehead atoms. The van der Waals surface area contributed by atoms with Crippen molar-refractivity contribution in [1.29, 1.82) is 0 Å². The average molecular weight is 269 g/mol. The van der Waals surface area contributed by atoms with Crippen LogP contribution in [-0.2, 0) is 0 Å². The van der Waals surface area contributed by atoms with Gasteiger partial charge in [0.15, 0.2) is 0 Å². The van der Waals surface area contributed by atoms with Gasteiger partial charge in [-0.2, -0.15) is 0 Å². The first kappa shape index (κ1) is 12.5. The van der Waals surface area contributed by atoms with Gasteiger partial charge in [-0.25, -0.2) is 4.98 Å². The SMILES string of the molecule is CCOc1ccccc1[C@H]1NC(=O)c2cccnc2N1. The van der Waals surface area contributed by atoms with Crippen molar-refractivity contribution in [3.63, 3.8) is 0 Å². The van der Waals surface area contributed by atoms with Crippen LogP contribution in [0.15, 0.2) is 42.6 Å². The smallest absolute Gasteiger partial charge is 0.256 e. The molecule has 0 saturated carbocycles. The molecule has 1 aliphatic heterocycles. The van der Waals surface area contributed by atoms with Gasteiger partial charge in [0.05, 0.1) is 12.2 Å². The number of rotatable bonds is 3. The predicted molar refractivity (Wildman–Crippen MR) is 75.7 cm³/mol. The van der Waals surface area contributed by atoms with Crippen molar-refractivity contribution in [2.24, 2.45) is 0 Å². The first-order valence-electron chi connectivity index (χ1n) is 6.53. The highest BCUT2D eigenvalue weighted by Gasteiger charge is 2.26. The fraction of sp³-hybridized carbons (Fsp3) is 0.200. The number of fused-ring (bicyclic) bond motifs is 1. The number of carbonyl (C=O) groups is 1. The normalized spacial score (nSPS) is 16.9. The summed E-state index contributed by atoms with van der Waals surface area (Å²) in [5.74, 6) is 1.21. The van der Waals surface area contributed by atoms with E-state index in [0.29, 0.717) is 18.0 Å². The van der Waals surface area contributed by atoms with Crippen molar-refractivity contribution in [3.05, 3.63) is 53.7 Å². The summed E-state index contributed by atoms with van der Waals surface area (Å²) in [5.41, 5.74) is 1.44. The van der Waals surface area contributed by atoms with Crippen LogP contribution in [0.2, 0.25) is 0 Å². The van der Waals surface area contributed by atoms with Crippen molar-refractivity contribution < 1.29 is 9.53 Å². The molecule has 2 N–H and O–H groups in total. The molecular formula is C15H15N3O2. The lowest BCUT2D eigenvalue weighted by atomic mass is 10.1. The van der Waals surface area contributed by atoms with Crippen LogP contribution in [0.1, 0.15) is 29.0 Å². The summed E-state index contributed by atoms with van der Waals surface area (Å²) in [7, 11) is 0. The quantitative estimate of drug-likeness (QED) is 0.897. The molecule has 5 nitrogen and oxygen atoms in total. The van der Waals surface area contributed by atoms with E-state index in [1.54, 1.807) is 18.3 Å². The van der Waals surface area contributed by atoms with Gasteiger partial charge in [0.2, 0.25) is 0 Å². The summed E-state index contributed by atoms with van der Waals surface area (Å²) in [6.45, 7) is 2.51. The van der Waals surface area contributed by atoms with Crippen molar-refractivity contribution in [2.75, 3.05) is 11.9 Å². The molecule has 1 aromatic heterocycles. The largest absolute Gasteiger partial charge is 0.493 e. The van der Waals surface area contributed by atoms with Gasteiger partial charge in [-0.1, -0.05) is 18.2 Å². The van der Waals surface area contributed by atoms with Crippen LogP contribution in [-0.4, -0.2) is 17.5 Å². The van der Waals surface area contributed by atoms with Crippen LogP contribution in [0.4, 0.5) is 5.82 Å². The van der Waals surface area contributed by atoms with E-state index >= 15 is 0 Å². The number of amides is 1. The van der Waals surface area contributed by atoms with Crippen molar-refractivity contribution in [2.45, 2.75) is 13.1 Å². The van der Waals surface area contributed by atoms with Crippen molar-refractivity contribution in [1.82, 2.24) is 10.3 Å². The molecule has 0 radical (unpaired) electrons. The van der Waals surface area contributed by atoms with E-state index in [9.17, 15) is 4.79 Å². The summed E-state index contributed by atoms with van der Waals surface area (Å²) >= 11 is 0. The number of para-hydroxylation sites is 1. The van der Waals surface area contributed by atoms with E-state index in [2.05, 4.69) is 15.6 Å². The second-order valence-electron chi connectivity index (χ2n) is 4.42. The third-order valence-electron chi connectivity index (χ3n) is 3.14. The Kier molecular flexibility index (Phi) is 3.25. The summed E-state index contributed by atoms with van der Waals surface area (Å²) < 4.78 is 5.60. The Morgan fingerprint density at radius 1 is 1.20 bits per heavy atom. The van der Waals surface area contributed by atoms with E-state index in [1.807, 2.05) is 31.2 Å². The molecule has 1 aliphatic rings. The maximum Gasteiger partial charge on any atom is 0.256 e. The lowest BCUT2D eigenvalue weighted by Crippen LogP contribution is -2.39. The molecule has 0 unspecified atom stereocenters. The minimum Gasteiger partial charge on any atom is -0.493 e. The summed E-state index contributed by atoms with van der Waals surface area (Å²) in [6, 6.07) is 11.1. The van der Waals surface area contributed by atoms with Crippen LogP contribution in [0, 0.1) is 0 Å². The minimum atomic E-state index is -0.340. The number of hydrogen-bond acceptors (Lipinski definition) is 4. The Labute approximate surface area is 117 Å². The van der Waals surface area contributed by atoms with E-state index in [0.717, 1.165) is 11.3 Å². The zero-order valence-corrected chi connectivity index (χ0v) is 11.1. The molecule has 1 aromatic carbocycles. The molecule has 0 saturated heterocycles. The van der Waals surface area contributed by atoms with Gasteiger partial charge < -0.3 is 15.4 Å². The molecule has 0 aliphatic carbocycles. The summed E-state index contributed by atoms with van der Waals surface area (Å²) in [6.07, 6.45) is 1.32. The van der Waals surface area contributed by atoms with Gasteiger partial charge in [0, 0.05) is 11.8 Å². The molecular weight excluding hydrogens is 254 g/mol. The monoisotopic (exact) mass is 269 g/mol. The third kappa shape index (κ3) is 2.18. The van der Waals surface area contributed by atoms with Crippen LogP contribution in [0.3, 0.4) is 0 Å². The van der Waals surface area contributed by atoms with Crippen LogP contribution < -0.4 is 15.4 Å². The van der Waals surface area contributed by atoms with Gasteiger partial charge in [0.1, 0.15) is 17.7 Å². The van der Waals surface area contributed by atoms with Gasteiger partial charge in [0.25, 0.3) is 5.91 Å². The highest BCUT2D eigenvalue weighted by atomic mass is 16.5. The summed E-state index contributed by atoms with van der Waals surface area (Å²) in [5, 5.41) is 6.14. The molecule has 0 fully saturated rings. The van der Waals surface area contributed by atoms with Crippen LogP contribution >= 0.6 is 0 Å². The van der Waals surface area contributed by atoms with E-state index in [1.165, 1.54) is 0 Å². The highest BCUT2D eigenvalue weighted by Crippen LogP contribution is 2.29. The number of carbonyl (C=O) groups excluding carboxylic acids is 1. The Morgan fingerprint density at radius 3 is 2.90 bits per heavy atom. The zero-order chi connectivity index (χ0) is 13.9. The molecule has 0 spiro atoms. The lowest BCUT2D eigenvalue weighted by molar-refractivity contribution is 0.0934. The number of benzene rings is 1. The van der Waals surface area contributed by atoms with Gasteiger partial charge in [-0.3, -0.25) is 4.79 Å². The van der Waals surface area contributed by atoms with E-state index < -0.39 is 0 Å². The third-order valence-corrected chi connectivity index (χ3v) is 3.14.